The van der Waals surface area contributed by atoms with Crippen LogP contribution in [0.3, 0.4) is 0 Å². The average molecular weight is 415 g/mol. The number of esters is 1. The monoisotopic (exact) mass is 414 g/mol. The molecule has 2 N–H and O–H groups in total. The molecule has 6 nitrogen and oxygen atoms in total. The first-order valence-corrected chi connectivity index (χ1v) is 10.4. The predicted molar refractivity (Wildman–Crippen MR) is 116 cm³/mol. The maximum atomic E-state index is 12.4. The van der Waals surface area contributed by atoms with Crippen LogP contribution in [0.25, 0.3) is 0 Å². The molecule has 154 valence electrons. The largest absolute Gasteiger partial charge is 0.462 e. The zero-order valence-corrected chi connectivity index (χ0v) is 17.7. The molecule has 0 aromatic heterocycles. The Kier molecular flexibility index (Phi) is 8.73. The number of carbonyl (C=O) groups excluding carboxylic acids is 3. The summed E-state index contributed by atoms with van der Waals surface area (Å²) in [5.74, 6) is -0.624. The Morgan fingerprint density at radius 2 is 1.55 bits per heavy atom. The van der Waals surface area contributed by atoms with E-state index in [1.165, 1.54) is 18.7 Å². The van der Waals surface area contributed by atoms with Gasteiger partial charge in [0.05, 0.1) is 17.4 Å². The van der Waals surface area contributed by atoms with E-state index >= 15 is 0 Å². The summed E-state index contributed by atoms with van der Waals surface area (Å²) in [6.07, 6.45) is 1.80. The van der Waals surface area contributed by atoms with Gasteiger partial charge in [0, 0.05) is 23.2 Å². The number of thioether (sulfide) groups is 1. The smallest absolute Gasteiger partial charge is 0.338 e. The van der Waals surface area contributed by atoms with Crippen molar-refractivity contribution in [3.8, 4) is 0 Å². The highest BCUT2D eigenvalue weighted by atomic mass is 32.2. The molecule has 0 radical (unpaired) electrons. The van der Waals surface area contributed by atoms with Crippen molar-refractivity contribution >= 4 is 40.9 Å². The SMILES string of the molecule is CCCCOC(=O)c1ccc(NC(=O)C(C)Sc2ccc(NC(C)=O)cc2)cc1. The standard InChI is InChI=1S/C22H26N2O4S/c1-4-5-14-28-22(27)17-6-8-19(9-7-17)24-21(26)15(2)29-20-12-10-18(11-13-20)23-16(3)25/h6-13,15H,4-5,14H2,1-3H3,(H,23,25)(H,24,26). The van der Waals surface area contributed by atoms with E-state index < -0.39 is 0 Å². The number of hydrogen-bond acceptors (Lipinski definition) is 5. The third kappa shape index (κ3) is 7.62. The summed E-state index contributed by atoms with van der Waals surface area (Å²) >= 11 is 1.42. The molecule has 0 aliphatic heterocycles. The van der Waals surface area contributed by atoms with Crippen LogP contribution in [0.15, 0.2) is 53.4 Å². The van der Waals surface area contributed by atoms with Crippen LogP contribution in [-0.2, 0) is 14.3 Å². The molecule has 1 unspecified atom stereocenters. The molecule has 29 heavy (non-hydrogen) atoms. The zero-order valence-electron chi connectivity index (χ0n) is 16.9. The molecule has 7 heteroatoms. The van der Waals surface area contributed by atoms with Gasteiger partial charge in [-0.1, -0.05) is 13.3 Å². The van der Waals surface area contributed by atoms with Gasteiger partial charge in [-0.3, -0.25) is 9.59 Å². The van der Waals surface area contributed by atoms with Crippen molar-refractivity contribution < 1.29 is 19.1 Å². The van der Waals surface area contributed by atoms with E-state index in [0.29, 0.717) is 23.5 Å². The molecule has 2 aromatic carbocycles. The highest BCUT2D eigenvalue weighted by Gasteiger charge is 2.15. The van der Waals surface area contributed by atoms with Gasteiger partial charge in [0.1, 0.15) is 0 Å². The van der Waals surface area contributed by atoms with E-state index in [4.69, 9.17) is 4.74 Å². The fourth-order valence-electron chi connectivity index (χ4n) is 2.40. The second-order valence-electron chi connectivity index (χ2n) is 6.52. The van der Waals surface area contributed by atoms with Crippen LogP contribution in [-0.4, -0.2) is 29.6 Å². The van der Waals surface area contributed by atoms with Gasteiger partial charge < -0.3 is 15.4 Å². The van der Waals surface area contributed by atoms with Crippen molar-refractivity contribution in [1.29, 1.82) is 0 Å². The molecule has 0 saturated heterocycles. The minimum absolute atomic E-state index is 0.126. The number of nitrogens with one attached hydrogen (secondary N) is 2. The molecule has 0 spiro atoms. The summed E-state index contributed by atoms with van der Waals surface area (Å²) in [6.45, 7) is 5.72. The Morgan fingerprint density at radius 1 is 0.966 bits per heavy atom. The maximum Gasteiger partial charge on any atom is 0.338 e. The van der Waals surface area contributed by atoms with Crippen molar-refractivity contribution in [1.82, 2.24) is 0 Å². The Bertz CT molecular complexity index is 835. The maximum absolute atomic E-state index is 12.4. The Labute approximate surface area is 175 Å². The lowest BCUT2D eigenvalue weighted by Crippen LogP contribution is -2.22. The summed E-state index contributed by atoms with van der Waals surface area (Å²) < 4.78 is 5.17. The highest BCUT2D eigenvalue weighted by Crippen LogP contribution is 2.25. The number of ether oxygens (including phenoxy) is 1. The van der Waals surface area contributed by atoms with Crippen molar-refractivity contribution in [2.75, 3.05) is 17.2 Å². The van der Waals surface area contributed by atoms with Crippen LogP contribution >= 0.6 is 11.8 Å². The quantitative estimate of drug-likeness (QED) is 0.352. The van der Waals surface area contributed by atoms with Crippen molar-refractivity contribution in [3.63, 3.8) is 0 Å². The van der Waals surface area contributed by atoms with Gasteiger partial charge in [0.15, 0.2) is 0 Å². The van der Waals surface area contributed by atoms with Crippen LogP contribution in [0.1, 0.15) is 44.0 Å². The third-order valence-electron chi connectivity index (χ3n) is 3.98. The first-order valence-electron chi connectivity index (χ1n) is 9.51. The van der Waals surface area contributed by atoms with E-state index in [1.54, 1.807) is 36.4 Å². The molecular formula is C22H26N2O4S. The lowest BCUT2D eigenvalue weighted by Gasteiger charge is -2.13. The number of anilines is 2. The van der Waals surface area contributed by atoms with Crippen LogP contribution < -0.4 is 10.6 Å². The van der Waals surface area contributed by atoms with E-state index in [2.05, 4.69) is 10.6 Å². The highest BCUT2D eigenvalue weighted by molar-refractivity contribution is 8.00. The summed E-state index contributed by atoms with van der Waals surface area (Å²) in [6, 6.07) is 14.0. The number of benzene rings is 2. The minimum atomic E-state index is -0.358. The van der Waals surface area contributed by atoms with Crippen molar-refractivity contribution in [2.24, 2.45) is 0 Å². The van der Waals surface area contributed by atoms with Crippen LogP contribution in [0, 0.1) is 0 Å². The van der Waals surface area contributed by atoms with E-state index in [0.717, 1.165) is 17.7 Å². The molecule has 0 bridgehead atoms. The fourth-order valence-corrected chi connectivity index (χ4v) is 3.27. The van der Waals surface area contributed by atoms with Gasteiger partial charge in [-0.2, -0.15) is 0 Å². The lowest BCUT2D eigenvalue weighted by molar-refractivity contribution is -0.115. The normalized spacial score (nSPS) is 11.4. The van der Waals surface area contributed by atoms with Crippen LogP contribution in [0.4, 0.5) is 11.4 Å². The molecule has 0 heterocycles. The number of unbranched alkanes of at least 4 members (excludes halogenated alkanes) is 1. The van der Waals surface area contributed by atoms with Gasteiger partial charge in [-0.05, 0) is 61.9 Å². The number of hydrogen-bond donors (Lipinski definition) is 2. The van der Waals surface area contributed by atoms with Crippen LogP contribution in [0.2, 0.25) is 0 Å². The van der Waals surface area contributed by atoms with E-state index in [1.807, 2.05) is 26.0 Å². The summed E-state index contributed by atoms with van der Waals surface area (Å²) in [5, 5.41) is 5.24. The number of carbonyl (C=O) groups is 3. The number of rotatable bonds is 9. The van der Waals surface area contributed by atoms with E-state index in [9.17, 15) is 14.4 Å². The Morgan fingerprint density at radius 3 is 2.14 bits per heavy atom. The topological polar surface area (TPSA) is 84.5 Å². The Balaban J connectivity index is 1.87. The molecule has 2 aromatic rings. The zero-order chi connectivity index (χ0) is 21.2. The molecule has 0 fully saturated rings. The predicted octanol–water partition coefficient (Wildman–Crippen LogP) is 4.72. The number of amides is 2. The first kappa shape index (κ1) is 22.5. The molecule has 0 aliphatic rings. The van der Waals surface area contributed by atoms with Gasteiger partial charge in [-0.15, -0.1) is 11.8 Å². The molecule has 0 saturated carbocycles. The van der Waals surface area contributed by atoms with Crippen molar-refractivity contribution in [2.45, 2.75) is 43.8 Å². The summed E-state index contributed by atoms with van der Waals surface area (Å²) in [7, 11) is 0. The summed E-state index contributed by atoms with van der Waals surface area (Å²) in [5.41, 5.74) is 1.79. The molecule has 0 aliphatic carbocycles. The average Bonchev–Trinajstić information content (AvgIpc) is 2.69. The molecule has 1 atom stereocenters. The van der Waals surface area contributed by atoms with Gasteiger partial charge in [-0.25, -0.2) is 4.79 Å². The van der Waals surface area contributed by atoms with Crippen LogP contribution in [0.5, 0.6) is 0 Å². The fraction of sp³-hybridized carbons (Fsp3) is 0.318. The second kappa shape index (κ2) is 11.3. The van der Waals surface area contributed by atoms with Gasteiger partial charge in [0.25, 0.3) is 0 Å². The van der Waals surface area contributed by atoms with Gasteiger partial charge >= 0.3 is 5.97 Å². The minimum Gasteiger partial charge on any atom is -0.462 e. The van der Waals surface area contributed by atoms with Crippen molar-refractivity contribution in [3.05, 3.63) is 54.1 Å². The van der Waals surface area contributed by atoms with Gasteiger partial charge in [0.2, 0.25) is 11.8 Å². The van der Waals surface area contributed by atoms with E-state index in [-0.39, 0.29) is 23.0 Å². The first-order chi connectivity index (χ1) is 13.9. The molecular weight excluding hydrogens is 388 g/mol. The Hall–Kier alpha value is -2.80. The molecule has 2 rings (SSSR count). The second-order valence-corrected chi connectivity index (χ2v) is 7.94. The molecule has 2 amide bonds. The lowest BCUT2D eigenvalue weighted by atomic mass is 10.2. The third-order valence-corrected chi connectivity index (χ3v) is 5.09. The summed E-state index contributed by atoms with van der Waals surface area (Å²) in [4.78, 5) is 36.3.